The number of hydrogen-bond donors (Lipinski definition) is 1. The topological polar surface area (TPSA) is 32.3 Å². The van der Waals surface area contributed by atoms with E-state index in [0.29, 0.717) is 18.0 Å². The molecule has 1 aliphatic heterocycles. The maximum Gasteiger partial charge on any atom is 0.224 e. The quantitative estimate of drug-likeness (QED) is 0.920. The van der Waals surface area contributed by atoms with Crippen LogP contribution in [0.2, 0.25) is 0 Å². The van der Waals surface area contributed by atoms with Crippen molar-refractivity contribution in [3.8, 4) is 0 Å². The van der Waals surface area contributed by atoms with Gasteiger partial charge in [0, 0.05) is 25.3 Å². The molecule has 1 atom stereocenters. The van der Waals surface area contributed by atoms with Crippen LogP contribution in [0.25, 0.3) is 0 Å². The Morgan fingerprint density at radius 2 is 1.87 bits per heavy atom. The highest BCUT2D eigenvalue weighted by Crippen LogP contribution is 2.22. The molecule has 2 aromatic rings. The van der Waals surface area contributed by atoms with Gasteiger partial charge in [0.05, 0.1) is 6.42 Å². The average Bonchev–Trinajstić information content (AvgIpc) is 3.05. The number of nitrogens with zero attached hydrogens (tertiary/aromatic N) is 1. The number of anilines is 1. The van der Waals surface area contributed by atoms with E-state index in [9.17, 15) is 9.18 Å². The highest BCUT2D eigenvalue weighted by molar-refractivity contribution is 5.78. The third-order valence-corrected chi connectivity index (χ3v) is 4.30. The normalized spacial score (nSPS) is 17.3. The van der Waals surface area contributed by atoms with Crippen LogP contribution in [0.4, 0.5) is 10.1 Å². The Labute approximate surface area is 136 Å². The zero-order valence-corrected chi connectivity index (χ0v) is 13.0. The number of benzene rings is 2. The van der Waals surface area contributed by atoms with E-state index in [1.54, 1.807) is 18.2 Å². The summed E-state index contributed by atoms with van der Waals surface area (Å²) in [7, 11) is 0. The summed E-state index contributed by atoms with van der Waals surface area (Å²) in [6.07, 6.45) is 1.16. The number of nitrogens with one attached hydrogen (secondary N) is 1. The van der Waals surface area contributed by atoms with E-state index in [1.807, 2.05) is 18.2 Å². The van der Waals surface area contributed by atoms with E-state index >= 15 is 0 Å². The van der Waals surface area contributed by atoms with Crippen molar-refractivity contribution < 1.29 is 9.18 Å². The fraction of sp³-hybridized carbons (Fsp3) is 0.316. The Bertz CT molecular complexity index is 659. The Kier molecular flexibility index (Phi) is 4.91. The summed E-state index contributed by atoms with van der Waals surface area (Å²) in [6.45, 7) is 2.61. The second kappa shape index (κ2) is 7.27. The van der Waals surface area contributed by atoms with Gasteiger partial charge in [-0.15, -0.1) is 0 Å². The smallest absolute Gasteiger partial charge is 0.224 e. The number of hydrogen-bond acceptors (Lipinski definition) is 2. The highest BCUT2D eigenvalue weighted by Gasteiger charge is 2.23. The molecule has 0 aliphatic carbocycles. The van der Waals surface area contributed by atoms with E-state index < -0.39 is 0 Å². The maximum atomic E-state index is 13.5. The minimum atomic E-state index is -0.321. The van der Waals surface area contributed by atoms with Crippen molar-refractivity contribution >= 4 is 11.6 Å². The number of amides is 1. The molecule has 1 N–H and O–H groups in total. The summed E-state index contributed by atoms with van der Waals surface area (Å²) in [6, 6.07) is 16.7. The van der Waals surface area contributed by atoms with Gasteiger partial charge < -0.3 is 10.2 Å². The first-order chi connectivity index (χ1) is 11.2. The van der Waals surface area contributed by atoms with Crippen molar-refractivity contribution in [1.29, 1.82) is 0 Å². The maximum absolute atomic E-state index is 13.5. The molecule has 0 spiro atoms. The number of carbonyl (C=O) groups is 1. The molecule has 120 valence electrons. The van der Waals surface area contributed by atoms with Crippen LogP contribution in [0.5, 0.6) is 0 Å². The first kappa shape index (κ1) is 15.5. The molecule has 3 rings (SSSR count). The molecule has 23 heavy (non-hydrogen) atoms. The first-order valence-electron chi connectivity index (χ1n) is 8.02. The van der Waals surface area contributed by atoms with Gasteiger partial charge in [-0.2, -0.15) is 0 Å². The SMILES string of the molecule is O=C(Cc1ccccc1F)NCC1CCN(c2ccccc2)C1. The summed E-state index contributed by atoms with van der Waals surface area (Å²) < 4.78 is 13.5. The monoisotopic (exact) mass is 312 g/mol. The van der Waals surface area contributed by atoms with Crippen molar-refractivity contribution in [2.45, 2.75) is 12.8 Å². The molecular weight excluding hydrogens is 291 g/mol. The van der Waals surface area contributed by atoms with Crippen LogP contribution >= 0.6 is 0 Å². The van der Waals surface area contributed by atoms with Crippen LogP contribution in [0, 0.1) is 11.7 Å². The summed E-state index contributed by atoms with van der Waals surface area (Å²) >= 11 is 0. The lowest BCUT2D eigenvalue weighted by molar-refractivity contribution is -0.120. The molecule has 1 aliphatic rings. The Morgan fingerprint density at radius 3 is 2.65 bits per heavy atom. The molecular formula is C19H21FN2O. The minimum absolute atomic E-state index is 0.0990. The molecule has 1 saturated heterocycles. The molecule has 1 fully saturated rings. The second-order valence-electron chi connectivity index (χ2n) is 6.01. The Morgan fingerprint density at radius 1 is 1.13 bits per heavy atom. The number of halogens is 1. The molecule has 1 heterocycles. The lowest BCUT2D eigenvalue weighted by Crippen LogP contribution is -2.32. The molecule has 2 aromatic carbocycles. The highest BCUT2D eigenvalue weighted by atomic mass is 19.1. The molecule has 1 unspecified atom stereocenters. The van der Waals surface area contributed by atoms with Gasteiger partial charge in [-0.3, -0.25) is 4.79 Å². The molecule has 3 nitrogen and oxygen atoms in total. The summed E-state index contributed by atoms with van der Waals surface area (Å²) in [4.78, 5) is 14.3. The van der Waals surface area contributed by atoms with Crippen LogP contribution in [-0.2, 0) is 11.2 Å². The van der Waals surface area contributed by atoms with Crippen LogP contribution in [-0.4, -0.2) is 25.5 Å². The standard InChI is InChI=1S/C19H21FN2O/c20-18-9-5-4-6-16(18)12-19(23)21-13-15-10-11-22(14-15)17-7-2-1-3-8-17/h1-9,15H,10-14H2,(H,21,23). The fourth-order valence-electron chi connectivity index (χ4n) is 3.01. The third-order valence-electron chi connectivity index (χ3n) is 4.30. The third kappa shape index (κ3) is 4.09. The van der Waals surface area contributed by atoms with Gasteiger partial charge in [0.1, 0.15) is 5.82 Å². The van der Waals surface area contributed by atoms with E-state index in [2.05, 4.69) is 22.3 Å². The Hall–Kier alpha value is -2.36. The lowest BCUT2D eigenvalue weighted by atomic mass is 10.1. The van der Waals surface area contributed by atoms with Gasteiger partial charge >= 0.3 is 0 Å². The predicted molar refractivity (Wildman–Crippen MR) is 89.9 cm³/mol. The summed E-state index contributed by atoms with van der Waals surface area (Å²) in [5, 5.41) is 2.94. The number of carbonyl (C=O) groups excluding carboxylic acids is 1. The van der Waals surface area contributed by atoms with Gasteiger partial charge in [0.2, 0.25) is 5.91 Å². The average molecular weight is 312 g/mol. The van der Waals surface area contributed by atoms with Crippen LogP contribution in [0.15, 0.2) is 54.6 Å². The molecule has 0 saturated carbocycles. The molecule has 0 radical (unpaired) electrons. The van der Waals surface area contributed by atoms with Crippen molar-refractivity contribution in [2.75, 3.05) is 24.5 Å². The van der Waals surface area contributed by atoms with Crippen molar-refractivity contribution in [3.63, 3.8) is 0 Å². The van der Waals surface area contributed by atoms with Crippen molar-refractivity contribution in [3.05, 3.63) is 66.0 Å². The van der Waals surface area contributed by atoms with Crippen molar-refractivity contribution in [2.24, 2.45) is 5.92 Å². The minimum Gasteiger partial charge on any atom is -0.371 e. The Balaban J connectivity index is 1.46. The van der Waals surface area contributed by atoms with E-state index in [1.165, 1.54) is 11.8 Å². The van der Waals surface area contributed by atoms with Crippen LogP contribution in [0.3, 0.4) is 0 Å². The predicted octanol–water partition coefficient (Wildman–Crippen LogP) is 3.01. The van der Waals surface area contributed by atoms with E-state index in [4.69, 9.17) is 0 Å². The summed E-state index contributed by atoms with van der Waals surface area (Å²) in [5.74, 6) is 0.00630. The van der Waals surface area contributed by atoms with Gasteiger partial charge in [-0.05, 0) is 36.1 Å². The van der Waals surface area contributed by atoms with Gasteiger partial charge in [0.25, 0.3) is 0 Å². The largest absolute Gasteiger partial charge is 0.371 e. The van der Waals surface area contributed by atoms with Crippen molar-refractivity contribution in [1.82, 2.24) is 5.32 Å². The van der Waals surface area contributed by atoms with Gasteiger partial charge in [0.15, 0.2) is 0 Å². The van der Waals surface area contributed by atoms with Gasteiger partial charge in [-0.1, -0.05) is 36.4 Å². The zero-order valence-electron chi connectivity index (χ0n) is 13.0. The number of rotatable bonds is 5. The van der Waals surface area contributed by atoms with Crippen LogP contribution < -0.4 is 10.2 Å². The van der Waals surface area contributed by atoms with Crippen LogP contribution in [0.1, 0.15) is 12.0 Å². The number of para-hydroxylation sites is 1. The lowest BCUT2D eigenvalue weighted by Gasteiger charge is -2.18. The molecule has 0 bridgehead atoms. The summed E-state index contributed by atoms with van der Waals surface area (Å²) in [5.41, 5.74) is 1.68. The van der Waals surface area contributed by atoms with E-state index in [0.717, 1.165) is 19.5 Å². The molecule has 4 heteroatoms. The van der Waals surface area contributed by atoms with Gasteiger partial charge in [-0.25, -0.2) is 4.39 Å². The first-order valence-corrected chi connectivity index (χ1v) is 8.02. The fourth-order valence-corrected chi connectivity index (χ4v) is 3.01. The molecule has 0 aromatic heterocycles. The second-order valence-corrected chi connectivity index (χ2v) is 6.01. The zero-order chi connectivity index (χ0) is 16.1. The van der Waals surface area contributed by atoms with E-state index in [-0.39, 0.29) is 18.1 Å². The molecule has 1 amide bonds.